The van der Waals surface area contributed by atoms with E-state index >= 15 is 0 Å². The molecule has 0 spiro atoms. The second kappa shape index (κ2) is 6.07. The van der Waals surface area contributed by atoms with Crippen LogP contribution in [0.2, 0.25) is 0 Å². The van der Waals surface area contributed by atoms with Gasteiger partial charge >= 0.3 is 0 Å². The Labute approximate surface area is 126 Å². The SMILES string of the molecule is NCC(c1cc(-c2ccc(F)cc2)n[nH]1)c1ccccc1F. The van der Waals surface area contributed by atoms with Crippen molar-refractivity contribution in [2.24, 2.45) is 5.73 Å². The van der Waals surface area contributed by atoms with Crippen molar-refractivity contribution in [1.82, 2.24) is 10.2 Å². The Morgan fingerprint density at radius 3 is 2.45 bits per heavy atom. The van der Waals surface area contributed by atoms with E-state index in [-0.39, 0.29) is 24.1 Å². The highest BCUT2D eigenvalue weighted by atomic mass is 19.1. The van der Waals surface area contributed by atoms with Gasteiger partial charge in [0.2, 0.25) is 0 Å². The summed E-state index contributed by atoms with van der Waals surface area (Å²) < 4.78 is 26.9. The van der Waals surface area contributed by atoms with Crippen molar-refractivity contribution in [3.63, 3.8) is 0 Å². The molecule has 0 fully saturated rings. The summed E-state index contributed by atoms with van der Waals surface area (Å²) in [4.78, 5) is 0. The molecule has 0 bridgehead atoms. The van der Waals surface area contributed by atoms with Crippen molar-refractivity contribution in [1.29, 1.82) is 0 Å². The molecule has 1 atom stereocenters. The molecule has 1 aromatic heterocycles. The monoisotopic (exact) mass is 299 g/mol. The molecule has 3 N–H and O–H groups in total. The van der Waals surface area contributed by atoms with Crippen LogP contribution in [-0.4, -0.2) is 16.7 Å². The first kappa shape index (κ1) is 14.4. The summed E-state index contributed by atoms with van der Waals surface area (Å²) in [6, 6.07) is 14.4. The molecule has 3 nitrogen and oxygen atoms in total. The van der Waals surface area contributed by atoms with Crippen LogP contribution < -0.4 is 5.73 Å². The van der Waals surface area contributed by atoms with Crippen molar-refractivity contribution in [3.05, 3.63) is 77.5 Å². The third-order valence-corrected chi connectivity index (χ3v) is 3.63. The molecule has 1 heterocycles. The average Bonchev–Trinajstić information content (AvgIpc) is 3.00. The van der Waals surface area contributed by atoms with Crippen LogP contribution in [0.1, 0.15) is 17.2 Å². The summed E-state index contributed by atoms with van der Waals surface area (Å²) in [6.45, 7) is 0.256. The predicted molar refractivity (Wildman–Crippen MR) is 81.3 cm³/mol. The highest BCUT2D eigenvalue weighted by Crippen LogP contribution is 2.27. The van der Waals surface area contributed by atoms with Gasteiger partial charge in [0.25, 0.3) is 0 Å². The summed E-state index contributed by atoms with van der Waals surface area (Å²) in [6.07, 6.45) is 0. The Morgan fingerprint density at radius 2 is 1.77 bits per heavy atom. The second-order valence-electron chi connectivity index (χ2n) is 5.03. The molecular weight excluding hydrogens is 284 g/mol. The summed E-state index contributed by atoms with van der Waals surface area (Å²) in [5.74, 6) is -0.899. The normalized spacial score (nSPS) is 12.3. The molecule has 0 aliphatic carbocycles. The lowest BCUT2D eigenvalue weighted by molar-refractivity contribution is 0.594. The van der Waals surface area contributed by atoms with Gasteiger partial charge in [0.15, 0.2) is 0 Å². The quantitative estimate of drug-likeness (QED) is 0.775. The summed E-state index contributed by atoms with van der Waals surface area (Å²) in [7, 11) is 0. The van der Waals surface area contributed by atoms with Gasteiger partial charge in [-0.3, -0.25) is 5.10 Å². The number of hydrogen-bond acceptors (Lipinski definition) is 2. The smallest absolute Gasteiger partial charge is 0.127 e. The molecule has 0 radical (unpaired) electrons. The van der Waals surface area contributed by atoms with E-state index in [0.717, 1.165) is 11.3 Å². The number of aromatic amines is 1. The minimum absolute atomic E-state index is 0.256. The van der Waals surface area contributed by atoms with Crippen LogP contribution in [0.3, 0.4) is 0 Å². The van der Waals surface area contributed by atoms with Gasteiger partial charge in [-0.2, -0.15) is 5.10 Å². The maximum atomic E-state index is 14.0. The van der Waals surface area contributed by atoms with Gasteiger partial charge in [0, 0.05) is 23.7 Å². The zero-order valence-corrected chi connectivity index (χ0v) is 11.8. The van der Waals surface area contributed by atoms with Gasteiger partial charge in [-0.1, -0.05) is 18.2 Å². The molecule has 3 aromatic rings. The van der Waals surface area contributed by atoms with Crippen LogP contribution >= 0.6 is 0 Å². The number of halogens is 2. The maximum Gasteiger partial charge on any atom is 0.127 e. The summed E-state index contributed by atoms with van der Waals surface area (Å²) in [5, 5.41) is 7.12. The van der Waals surface area contributed by atoms with Gasteiger partial charge in [-0.05, 0) is 42.0 Å². The first-order chi connectivity index (χ1) is 10.7. The number of benzene rings is 2. The molecule has 1 unspecified atom stereocenters. The molecule has 3 rings (SSSR count). The zero-order valence-electron chi connectivity index (χ0n) is 11.8. The number of H-pyrrole nitrogens is 1. The van der Waals surface area contributed by atoms with Gasteiger partial charge in [-0.15, -0.1) is 0 Å². The van der Waals surface area contributed by atoms with E-state index in [2.05, 4.69) is 10.2 Å². The van der Waals surface area contributed by atoms with E-state index in [1.165, 1.54) is 18.2 Å². The van der Waals surface area contributed by atoms with E-state index in [4.69, 9.17) is 5.73 Å². The van der Waals surface area contributed by atoms with Gasteiger partial charge < -0.3 is 5.73 Å². The summed E-state index contributed by atoms with van der Waals surface area (Å²) >= 11 is 0. The highest BCUT2D eigenvalue weighted by molar-refractivity contribution is 5.59. The van der Waals surface area contributed by atoms with Crippen LogP contribution in [0.4, 0.5) is 8.78 Å². The molecule has 0 saturated heterocycles. The van der Waals surface area contributed by atoms with Gasteiger partial charge in [0.05, 0.1) is 5.69 Å². The molecule has 5 heteroatoms. The lowest BCUT2D eigenvalue weighted by Crippen LogP contribution is -2.15. The minimum Gasteiger partial charge on any atom is -0.329 e. The molecule has 22 heavy (non-hydrogen) atoms. The Bertz CT molecular complexity index is 766. The van der Waals surface area contributed by atoms with Crippen molar-refractivity contribution in [2.45, 2.75) is 5.92 Å². The molecule has 112 valence electrons. The fourth-order valence-electron chi connectivity index (χ4n) is 2.46. The van der Waals surface area contributed by atoms with Crippen LogP contribution in [0.15, 0.2) is 54.6 Å². The van der Waals surface area contributed by atoms with Crippen LogP contribution in [-0.2, 0) is 0 Å². The van der Waals surface area contributed by atoms with E-state index in [1.807, 2.05) is 6.07 Å². The van der Waals surface area contributed by atoms with E-state index < -0.39 is 0 Å². The van der Waals surface area contributed by atoms with Crippen molar-refractivity contribution in [2.75, 3.05) is 6.54 Å². The predicted octanol–water partition coefficient (Wildman–Crippen LogP) is 3.45. The first-order valence-electron chi connectivity index (χ1n) is 6.95. The number of nitrogens with two attached hydrogens (primary N) is 1. The number of hydrogen-bond donors (Lipinski definition) is 2. The standard InChI is InChI=1S/C17H15F2N3/c18-12-7-5-11(6-8-12)16-9-17(22-21-16)14(10-20)13-3-1-2-4-15(13)19/h1-9,14H,10,20H2,(H,21,22). The first-order valence-corrected chi connectivity index (χ1v) is 6.95. The molecule has 2 aromatic carbocycles. The molecule has 0 saturated carbocycles. The largest absolute Gasteiger partial charge is 0.329 e. The molecule has 0 amide bonds. The Morgan fingerprint density at radius 1 is 1.05 bits per heavy atom. The molecular formula is C17H15F2N3. The number of aromatic nitrogens is 2. The summed E-state index contributed by atoms with van der Waals surface area (Å²) in [5.41, 5.74) is 8.52. The molecule has 0 aliphatic heterocycles. The second-order valence-corrected chi connectivity index (χ2v) is 5.03. The van der Waals surface area contributed by atoms with Crippen LogP contribution in [0.5, 0.6) is 0 Å². The minimum atomic E-state index is -0.303. The molecule has 0 aliphatic rings. The Kier molecular flexibility index (Phi) is 3.98. The van der Waals surface area contributed by atoms with Gasteiger partial charge in [0.1, 0.15) is 11.6 Å². The number of nitrogens with one attached hydrogen (secondary N) is 1. The van der Waals surface area contributed by atoms with Crippen molar-refractivity contribution in [3.8, 4) is 11.3 Å². The fraction of sp³-hybridized carbons (Fsp3) is 0.118. The number of nitrogens with zero attached hydrogens (tertiary/aromatic N) is 1. The van der Waals surface area contributed by atoms with E-state index in [9.17, 15) is 8.78 Å². The van der Waals surface area contributed by atoms with Crippen LogP contribution in [0, 0.1) is 11.6 Å². The third kappa shape index (κ3) is 2.76. The lowest BCUT2D eigenvalue weighted by Gasteiger charge is -2.13. The van der Waals surface area contributed by atoms with Crippen molar-refractivity contribution < 1.29 is 8.78 Å². The van der Waals surface area contributed by atoms with Gasteiger partial charge in [-0.25, -0.2) is 8.78 Å². The van der Waals surface area contributed by atoms with Crippen molar-refractivity contribution >= 4 is 0 Å². The fourth-order valence-corrected chi connectivity index (χ4v) is 2.46. The van der Waals surface area contributed by atoms with Crippen LogP contribution in [0.25, 0.3) is 11.3 Å². The average molecular weight is 299 g/mol. The Hall–Kier alpha value is -2.53. The maximum absolute atomic E-state index is 14.0. The lowest BCUT2D eigenvalue weighted by atomic mass is 9.95. The van der Waals surface area contributed by atoms with E-state index in [0.29, 0.717) is 11.3 Å². The van der Waals surface area contributed by atoms with E-state index in [1.54, 1.807) is 30.3 Å². The zero-order chi connectivity index (χ0) is 15.5. The third-order valence-electron chi connectivity index (χ3n) is 3.63. The topological polar surface area (TPSA) is 54.7 Å². The highest BCUT2D eigenvalue weighted by Gasteiger charge is 2.18. The Balaban J connectivity index is 1.95. The number of rotatable bonds is 4.